The molecule has 0 aliphatic rings. The Kier molecular flexibility index (Phi) is 3.56. The van der Waals surface area contributed by atoms with Crippen molar-refractivity contribution in [2.45, 2.75) is 19.9 Å². The van der Waals surface area contributed by atoms with E-state index in [1.54, 1.807) is 19.9 Å². The molecule has 0 fully saturated rings. The summed E-state index contributed by atoms with van der Waals surface area (Å²) in [6.45, 7) is 3.06. The molecule has 0 unspecified atom stereocenters. The lowest BCUT2D eigenvalue weighted by atomic mass is 10.3. The fraction of sp³-hybridized carbons (Fsp3) is 0.444. The number of aromatic nitrogens is 2. The summed E-state index contributed by atoms with van der Waals surface area (Å²) in [5.41, 5.74) is 1.49. The number of aliphatic hydroxyl groups is 1. The lowest BCUT2D eigenvalue weighted by molar-refractivity contribution is -0.138. The van der Waals surface area contributed by atoms with Crippen LogP contribution in [0.3, 0.4) is 0 Å². The number of carboxylic acids is 1. The molecule has 1 aromatic heterocycles. The fourth-order valence-corrected chi connectivity index (χ4v) is 1.13. The summed E-state index contributed by atoms with van der Waals surface area (Å²) >= 11 is 0. The third-order valence-corrected chi connectivity index (χ3v) is 1.77. The van der Waals surface area contributed by atoms with Gasteiger partial charge < -0.3 is 15.5 Å². The molecule has 15 heavy (non-hydrogen) atoms. The van der Waals surface area contributed by atoms with Crippen molar-refractivity contribution in [3.63, 3.8) is 0 Å². The Morgan fingerprint density at radius 2 is 2.00 bits per heavy atom. The first-order valence-corrected chi connectivity index (χ1v) is 4.45. The Balaban J connectivity index is 2.83. The summed E-state index contributed by atoms with van der Waals surface area (Å²) in [5.74, 6) is -0.922. The highest BCUT2D eigenvalue weighted by Gasteiger charge is 2.16. The van der Waals surface area contributed by atoms with Gasteiger partial charge in [0.25, 0.3) is 0 Å². The van der Waals surface area contributed by atoms with E-state index in [0.29, 0.717) is 0 Å². The molecule has 0 radical (unpaired) electrons. The van der Waals surface area contributed by atoms with Gasteiger partial charge in [0, 0.05) is 11.4 Å². The number of aliphatic carboxylic acids is 1. The molecule has 0 spiro atoms. The Morgan fingerprint density at radius 3 is 2.40 bits per heavy atom. The molecule has 6 heteroatoms. The number of nitrogens with one attached hydrogen (secondary N) is 1. The maximum Gasteiger partial charge on any atom is 0.328 e. The highest BCUT2D eigenvalue weighted by molar-refractivity contribution is 5.76. The van der Waals surface area contributed by atoms with Crippen LogP contribution in [-0.2, 0) is 4.79 Å². The maximum absolute atomic E-state index is 10.6. The van der Waals surface area contributed by atoms with Gasteiger partial charge in [0.05, 0.1) is 6.61 Å². The van der Waals surface area contributed by atoms with Gasteiger partial charge in [-0.1, -0.05) is 0 Å². The summed E-state index contributed by atoms with van der Waals surface area (Å²) in [6.07, 6.45) is 0. The van der Waals surface area contributed by atoms with Crippen LogP contribution in [-0.4, -0.2) is 38.8 Å². The lowest BCUT2D eigenvalue weighted by Gasteiger charge is -2.11. The van der Waals surface area contributed by atoms with E-state index in [9.17, 15) is 4.79 Å². The van der Waals surface area contributed by atoms with Gasteiger partial charge in [-0.05, 0) is 19.9 Å². The van der Waals surface area contributed by atoms with Crippen molar-refractivity contribution in [3.05, 3.63) is 17.5 Å². The van der Waals surface area contributed by atoms with Crippen molar-refractivity contribution in [2.75, 3.05) is 11.9 Å². The van der Waals surface area contributed by atoms with Gasteiger partial charge in [0.1, 0.15) is 0 Å². The van der Waals surface area contributed by atoms with Crippen LogP contribution in [0.15, 0.2) is 6.07 Å². The van der Waals surface area contributed by atoms with E-state index in [-0.39, 0.29) is 5.95 Å². The fourth-order valence-electron chi connectivity index (χ4n) is 1.13. The molecule has 0 saturated heterocycles. The third-order valence-electron chi connectivity index (χ3n) is 1.77. The average Bonchev–Trinajstić information content (AvgIpc) is 2.12. The van der Waals surface area contributed by atoms with Gasteiger partial charge in [-0.3, -0.25) is 0 Å². The first-order chi connectivity index (χ1) is 7.02. The van der Waals surface area contributed by atoms with Crippen LogP contribution in [0.5, 0.6) is 0 Å². The molecule has 0 bridgehead atoms. The van der Waals surface area contributed by atoms with Crippen molar-refractivity contribution < 1.29 is 15.0 Å². The van der Waals surface area contributed by atoms with Crippen LogP contribution < -0.4 is 5.32 Å². The van der Waals surface area contributed by atoms with Gasteiger partial charge >= 0.3 is 5.97 Å². The van der Waals surface area contributed by atoms with Crippen LogP contribution in [0.2, 0.25) is 0 Å². The molecular weight excluding hydrogens is 198 g/mol. The average molecular weight is 211 g/mol. The summed E-state index contributed by atoms with van der Waals surface area (Å²) < 4.78 is 0. The number of carboxylic acid groups (broad SMARTS) is 1. The first-order valence-electron chi connectivity index (χ1n) is 4.45. The van der Waals surface area contributed by atoms with Crippen LogP contribution >= 0.6 is 0 Å². The molecule has 0 aliphatic carbocycles. The minimum Gasteiger partial charge on any atom is -0.480 e. The topological polar surface area (TPSA) is 95.3 Å². The van der Waals surface area contributed by atoms with E-state index in [0.717, 1.165) is 11.4 Å². The standard InChI is InChI=1S/C9H13N3O3/c1-5-3-6(2)11-9(10-5)12-7(4-13)8(14)15/h3,7,13H,4H2,1-2H3,(H,14,15)(H,10,11,12)/t7-/m1/s1. The Labute approximate surface area is 87.0 Å². The van der Waals surface area contributed by atoms with Crippen molar-refractivity contribution in [1.29, 1.82) is 0 Å². The Hall–Kier alpha value is -1.69. The first kappa shape index (κ1) is 11.4. The minimum absolute atomic E-state index is 0.217. The molecule has 1 rings (SSSR count). The molecule has 3 N–H and O–H groups in total. The number of nitrogens with zero attached hydrogens (tertiary/aromatic N) is 2. The molecule has 1 heterocycles. The molecule has 0 aliphatic heterocycles. The number of hydrogen-bond acceptors (Lipinski definition) is 5. The van der Waals surface area contributed by atoms with Gasteiger partial charge in [0.2, 0.25) is 5.95 Å². The normalized spacial score (nSPS) is 12.2. The second-order valence-corrected chi connectivity index (χ2v) is 3.19. The highest BCUT2D eigenvalue weighted by Crippen LogP contribution is 2.05. The smallest absolute Gasteiger partial charge is 0.328 e. The van der Waals surface area contributed by atoms with Crippen molar-refractivity contribution in [2.24, 2.45) is 0 Å². The van der Waals surface area contributed by atoms with E-state index in [1.807, 2.05) is 0 Å². The highest BCUT2D eigenvalue weighted by atomic mass is 16.4. The van der Waals surface area contributed by atoms with E-state index in [1.165, 1.54) is 0 Å². The zero-order chi connectivity index (χ0) is 11.4. The van der Waals surface area contributed by atoms with Crippen molar-refractivity contribution >= 4 is 11.9 Å². The molecular formula is C9H13N3O3. The second kappa shape index (κ2) is 4.70. The van der Waals surface area contributed by atoms with E-state index in [4.69, 9.17) is 10.2 Å². The number of hydrogen-bond donors (Lipinski definition) is 3. The van der Waals surface area contributed by atoms with Gasteiger partial charge in [0.15, 0.2) is 6.04 Å². The number of rotatable bonds is 4. The predicted molar refractivity (Wildman–Crippen MR) is 53.6 cm³/mol. The monoisotopic (exact) mass is 211 g/mol. The van der Waals surface area contributed by atoms with Crippen LogP contribution in [0, 0.1) is 13.8 Å². The van der Waals surface area contributed by atoms with E-state index < -0.39 is 18.6 Å². The molecule has 0 amide bonds. The van der Waals surface area contributed by atoms with Gasteiger partial charge in [-0.15, -0.1) is 0 Å². The SMILES string of the molecule is Cc1cc(C)nc(N[C@H](CO)C(=O)O)n1. The quantitative estimate of drug-likeness (QED) is 0.646. The summed E-state index contributed by atoms with van der Waals surface area (Å²) in [4.78, 5) is 18.6. The third kappa shape index (κ3) is 3.17. The molecule has 1 atom stereocenters. The molecule has 82 valence electrons. The number of anilines is 1. The summed E-state index contributed by atoms with van der Waals surface area (Å²) in [5, 5.41) is 20.0. The Bertz CT molecular complexity index is 347. The van der Waals surface area contributed by atoms with Crippen molar-refractivity contribution in [1.82, 2.24) is 9.97 Å². The maximum atomic E-state index is 10.6. The lowest BCUT2D eigenvalue weighted by Crippen LogP contribution is -2.33. The summed E-state index contributed by atoms with van der Waals surface area (Å²) in [7, 11) is 0. The number of carbonyl (C=O) groups is 1. The van der Waals surface area contributed by atoms with Crippen LogP contribution in [0.4, 0.5) is 5.95 Å². The van der Waals surface area contributed by atoms with Crippen molar-refractivity contribution in [3.8, 4) is 0 Å². The minimum atomic E-state index is -1.14. The van der Waals surface area contributed by atoms with E-state index >= 15 is 0 Å². The van der Waals surface area contributed by atoms with Crippen LogP contribution in [0.25, 0.3) is 0 Å². The number of aryl methyl sites for hydroxylation is 2. The molecule has 1 aromatic rings. The van der Waals surface area contributed by atoms with Crippen LogP contribution in [0.1, 0.15) is 11.4 Å². The van der Waals surface area contributed by atoms with Gasteiger partial charge in [-0.25, -0.2) is 14.8 Å². The molecule has 0 aromatic carbocycles. The second-order valence-electron chi connectivity index (χ2n) is 3.19. The molecule has 6 nitrogen and oxygen atoms in total. The zero-order valence-electron chi connectivity index (χ0n) is 8.56. The zero-order valence-corrected chi connectivity index (χ0v) is 8.56. The molecule has 0 saturated carbocycles. The number of aliphatic hydroxyl groups excluding tert-OH is 1. The Morgan fingerprint density at radius 1 is 1.47 bits per heavy atom. The largest absolute Gasteiger partial charge is 0.480 e. The van der Waals surface area contributed by atoms with Gasteiger partial charge in [-0.2, -0.15) is 0 Å². The predicted octanol–water partition coefficient (Wildman–Crippen LogP) is -0.0492. The summed E-state index contributed by atoms with van der Waals surface area (Å²) in [6, 6.07) is 0.700. The van der Waals surface area contributed by atoms with E-state index in [2.05, 4.69) is 15.3 Å².